The lowest BCUT2D eigenvalue weighted by molar-refractivity contribution is 0.372. The van der Waals surface area contributed by atoms with Gasteiger partial charge in [-0.15, -0.1) is 0 Å². The number of hydrogen-bond acceptors (Lipinski definition) is 3. The van der Waals surface area contributed by atoms with Gasteiger partial charge in [0, 0.05) is 30.9 Å². The average molecular weight is 267 g/mol. The summed E-state index contributed by atoms with van der Waals surface area (Å²) in [6.07, 6.45) is 0. The molecule has 1 unspecified atom stereocenters. The maximum atomic E-state index is 13.4. The molecule has 0 bridgehead atoms. The third-order valence-corrected chi connectivity index (χ3v) is 3.29. The van der Waals surface area contributed by atoms with Crippen LogP contribution in [0, 0.1) is 5.82 Å². The van der Waals surface area contributed by atoms with Crippen LogP contribution < -0.4 is 10.6 Å². The highest BCUT2D eigenvalue weighted by Crippen LogP contribution is 2.27. The highest BCUT2D eigenvalue weighted by atomic mass is 19.1. The fourth-order valence-electron chi connectivity index (χ4n) is 2.50. The van der Waals surface area contributed by atoms with E-state index in [-0.39, 0.29) is 11.9 Å². The number of nitrogens with zero attached hydrogens (tertiary/aromatic N) is 2. The van der Waals surface area contributed by atoms with E-state index >= 15 is 0 Å². The van der Waals surface area contributed by atoms with Crippen LogP contribution in [0.2, 0.25) is 0 Å². The largest absolute Gasteiger partial charge is 0.368 e. The fraction of sp³-hybridized carbons (Fsp3) is 0.600. The summed E-state index contributed by atoms with van der Waals surface area (Å²) < 4.78 is 13.4. The molecule has 19 heavy (non-hydrogen) atoms. The van der Waals surface area contributed by atoms with Crippen LogP contribution >= 0.6 is 0 Å². The van der Waals surface area contributed by atoms with Crippen molar-refractivity contribution in [1.82, 2.24) is 4.90 Å². The van der Waals surface area contributed by atoms with Crippen LogP contribution in [0.15, 0.2) is 18.2 Å². The first-order valence-electron chi connectivity index (χ1n) is 6.83. The predicted molar refractivity (Wildman–Crippen MR) is 80.0 cm³/mol. The van der Waals surface area contributed by atoms with Gasteiger partial charge in [0.05, 0.1) is 0 Å². The van der Waals surface area contributed by atoms with Gasteiger partial charge < -0.3 is 15.5 Å². The first kappa shape index (κ1) is 15.9. The molecule has 108 valence electrons. The molecular weight excluding hydrogens is 241 g/mol. The smallest absolute Gasteiger partial charge is 0.123 e. The van der Waals surface area contributed by atoms with E-state index in [0.717, 1.165) is 24.3 Å². The molecule has 0 radical (unpaired) electrons. The summed E-state index contributed by atoms with van der Waals surface area (Å²) in [5, 5.41) is 0. The van der Waals surface area contributed by atoms with Crippen LogP contribution in [0.25, 0.3) is 0 Å². The van der Waals surface area contributed by atoms with Crippen LogP contribution in [0.3, 0.4) is 0 Å². The van der Waals surface area contributed by atoms with Crippen molar-refractivity contribution in [3.05, 3.63) is 29.6 Å². The van der Waals surface area contributed by atoms with Gasteiger partial charge in [0.1, 0.15) is 5.82 Å². The molecule has 2 N–H and O–H groups in total. The Bertz CT molecular complexity index is 404. The van der Waals surface area contributed by atoms with Crippen LogP contribution in [0.1, 0.15) is 32.4 Å². The summed E-state index contributed by atoms with van der Waals surface area (Å²) in [4.78, 5) is 4.43. The lowest BCUT2D eigenvalue weighted by Gasteiger charge is -2.34. The Labute approximate surface area is 116 Å². The summed E-state index contributed by atoms with van der Waals surface area (Å²) in [6.45, 7) is 8.00. The standard InChI is InChI=1S/C15H26FN3/c1-6-19(11(2)10-18(4)5)15-8-7-13(16)9-14(15)12(3)17/h7-9,11-12H,6,10,17H2,1-5H3/t11?,12-/m1/s1. The lowest BCUT2D eigenvalue weighted by Crippen LogP contribution is -2.40. The van der Waals surface area contributed by atoms with E-state index in [1.54, 1.807) is 6.07 Å². The van der Waals surface area contributed by atoms with Crippen molar-refractivity contribution >= 4 is 5.69 Å². The molecule has 1 aromatic rings. The van der Waals surface area contributed by atoms with Crippen molar-refractivity contribution in [2.75, 3.05) is 32.1 Å². The van der Waals surface area contributed by atoms with Gasteiger partial charge in [0.15, 0.2) is 0 Å². The number of hydrogen-bond donors (Lipinski definition) is 1. The number of rotatable bonds is 6. The van der Waals surface area contributed by atoms with Gasteiger partial charge in [0.2, 0.25) is 0 Å². The summed E-state index contributed by atoms with van der Waals surface area (Å²) in [5.41, 5.74) is 7.88. The van der Waals surface area contributed by atoms with Crippen molar-refractivity contribution in [1.29, 1.82) is 0 Å². The molecule has 0 aromatic heterocycles. The van der Waals surface area contributed by atoms with Gasteiger partial charge in [-0.05, 0) is 58.6 Å². The van der Waals surface area contributed by atoms with E-state index in [2.05, 4.69) is 37.7 Å². The minimum atomic E-state index is -0.229. The van der Waals surface area contributed by atoms with Gasteiger partial charge in [-0.2, -0.15) is 0 Å². The number of nitrogens with two attached hydrogens (primary N) is 1. The second kappa shape index (κ2) is 6.87. The zero-order valence-electron chi connectivity index (χ0n) is 12.7. The normalized spacial score (nSPS) is 14.5. The average Bonchev–Trinajstić information content (AvgIpc) is 2.30. The van der Waals surface area contributed by atoms with Crippen LogP contribution in [-0.2, 0) is 0 Å². The number of anilines is 1. The lowest BCUT2D eigenvalue weighted by atomic mass is 10.0. The summed E-state index contributed by atoms with van der Waals surface area (Å²) in [7, 11) is 4.11. The fourth-order valence-corrected chi connectivity index (χ4v) is 2.50. The van der Waals surface area contributed by atoms with E-state index in [0.29, 0.717) is 6.04 Å². The van der Waals surface area contributed by atoms with Crippen molar-refractivity contribution in [2.24, 2.45) is 5.73 Å². The summed E-state index contributed by atoms with van der Waals surface area (Å²) >= 11 is 0. The molecule has 3 nitrogen and oxygen atoms in total. The Kier molecular flexibility index (Phi) is 5.76. The minimum absolute atomic E-state index is 0.175. The molecule has 0 fully saturated rings. The Morgan fingerprint density at radius 2 is 1.89 bits per heavy atom. The molecule has 4 heteroatoms. The summed E-state index contributed by atoms with van der Waals surface area (Å²) in [6, 6.07) is 5.07. The molecule has 0 saturated heterocycles. The highest BCUT2D eigenvalue weighted by Gasteiger charge is 2.18. The maximum Gasteiger partial charge on any atom is 0.123 e. The third-order valence-electron chi connectivity index (χ3n) is 3.29. The topological polar surface area (TPSA) is 32.5 Å². The van der Waals surface area contributed by atoms with Crippen molar-refractivity contribution in [3.63, 3.8) is 0 Å². The molecule has 1 rings (SSSR count). The van der Waals surface area contributed by atoms with Crippen molar-refractivity contribution in [3.8, 4) is 0 Å². The van der Waals surface area contributed by atoms with Crippen LogP contribution in [-0.4, -0.2) is 38.1 Å². The number of benzene rings is 1. The zero-order chi connectivity index (χ0) is 14.6. The second-order valence-corrected chi connectivity index (χ2v) is 5.39. The maximum absolute atomic E-state index is 13.4. The van der Waals surface area contributed by atoms with E-state index in [4.69, 9.17) is 5.73 Å². The SMILES string of the molecule is CCN(c1ccc(F)cc1[C@@H](C)N)C(C)CN(C)C. The van der Waals surface area contributed by atoms with Crippen molar-refractivity contribution in [2.45, 2.75) is 32.9 Å². The second-order valence-electron chi connectivity index (χ2n) is 5.39. The first-order chi connectivity index (χ1) is 8.86. The molecule has 0 heterocycles. The van der Waals surface area contributed by atoms with E-state index in [1.165, 1.54) is 6.07 Å². The monoisotopic (exact) mass is 267 g/mol. The van der Waals surface area contributed by atoms with E-state index in [1.807, 2.05) is 13.0 Å². The molecule has 0 aliphatic carbocycles. The molecular formula is C15H26FN3. The van der Waals surface area contributed by atoms with E-state index in [9.17, 15) is 4.39 Å². The molecule has 1 aromatic carbocycles. The molecule has 0 aliphatic heterocycles. The zero-order valence-corrected chi connectivity index (χ0v) is 12.7. The molecule has 0 amide bonds. The predicted octanol–water partition coefficient (Wildman–Crippen LogP) is 2.62. The Morgan fingerprint density at radius 1 is 1.26 bits per heavy atom. The molecule has 2 atom stereocenters. The van der Waals surface area contributed by atoms with Crippen LogP contribution in [0.5, 0.6) is 0 Å². The first-order valence-corrected chi connectivity index (χ1v) is 6.83. The van der Waals surface area contributed by atoms with Crippen LogP contribution in [0.4, 0.5) is 10.1 Å². The quantitative estimate of drug-likeness (QED) is 0.860. The Balaban J connectivity index is 3.10. The van der Waals surface area contributed by atoms with Gasteiger partial charge in [0.25, 0.3) is 0 Å². The van der Waals surface area contributed by atoms with Gasteiger partial charge in [-0.25, -0.2) is 4.39 Å². The van der Waals surface area contributed by atoms with Gasteiger partial charge >= 0.3 is 0 Å². The molecule has 0 saturated carbocycles. The number of likely N-dealkylation sites (N-methyl/N-ethyl adjacent to an activating group) is 2. The van der Waals surface area contributed by atoms with Crippen molar-refractivity contribution < 1.29 is 4.39 Å². The Morgan fingerprint density at radius 3 is 2.37 bits per heavy atom. The number of halogens is 1. The van der Waals surface area contributed by atoms with Gasteiger partial charge in [-0.1, -0.05) is 0 Å². The third kappa shape index (κ3) is 4.18. The highest BCUT2D eigenvalue weighted by molar-refractivity contribution is 5.55. The molecule has 0 spiro atoms. The van der Waals surface area contributed by atoms with E-state index < -0.39 is 0 Å². The molecule has 0 aliphatic rings. The minimum Gasteiger partial charge on any atom is -0.368 e. The summed E-state index contributed by atoms with van der Waals surface area (Å²) in [5.74, 6) is -0.229. The van der Waals surface area contributed by atoms with Gasteiger partial charge in [-0.3, -0.25) is 0 Å². The Hall–Kier alpha value is -1.13.